The van der Waals surface area contributed by atoms with Crippen molar-refractivity contribution in [3.05, 3.63) is 58.6 Å². The molecule has 6 heteroatoms. The average molecular weight is 378 g/mol. The highest BCUT2D eigenvalue weighted by atomic mass is 35.5. The molecule has 0 bridgehead atoms. The second-order valence-electron chi connectivity index (χ2n) is 5.59. The summed E-state index contributed by atoms with van der Waals surface area (Å²) in [6.45, 7) is 5.34. The summed E-state index contributed by atoms with van der Waals surface area (Å²) < 4.78 is 5.21. The lowest BCUT2D eigenvalue weighted by Gasteiger charge is -2.15. The van der Waals surface area contributed by atoms with Crippen molar-refractivity contribution < 1.29 is 14.3 Å². The number of carbonyl (C=O) groups is 2. The summed E-state index contributed by atoms with van der Waals surface area (Å²) in [4.78, 5) is 25.2. The van der Waals surface area contributed by atoms with Gasteiger partial charge in [-0.15, -0.1) is 11.8 Å². The molecule has 1 N–H and O–H groups in total. The molecule has 2 aromatic rings. The van der Waals surface area contributed by atoms with Crippen molar-refractivity contribution in [3.8, 4) is 0 Å². The number of ether oxygens (including phenoxy) is 1. The number of esters is 1. The normalized spacial score (nSPS) is 11.7. The largest absolute Gasteiger partial charge is 0.452 e. The average Bonchev–Trinajstić information content (AvgIpc) is 2.58. The third kappa shape index (κ3) is 5.51. The molecule has 4 nitrogen and oxygen atoms in total. The maximum absolute atomic E-state index is 12.2. The molecule has 0 saturated heterocycles. The summed E-state index contributed by atoms with van der Waals surface area (Å²) in [7, 11) is 0. The lowest BCUT2D eigenvalue weighted by molar-refractivity contribution is -0.150. The summed E-state index contributed by atoms with van der Waals surface area (Å²) in [6.07, 6.45) is -0.886. The van der Waals surface area contributed by atoms with Crippen LogP contribution in [0.2, 0.25) is 5.02 Å². The Hall–Kier alpha value is -1.98. The fourth-order valence-corrected chi connectivity index (χ4v) is 3.10. The van der Waals surface area contributed by atoms with E-state index in [9.17, 15) is 9.59 Å². The van der Waals surface area contributed by atoms with E-state index in [4.69, 9.17) is 16.3 Å². The van der Waals surface area contributed by atoms with Crippen molar-refractivity contribution in [2.45, 2.75) is 31.8 Å². The van der Waals surface area contributed by atoms with E-state index in [0.717, 1.165) is 16.0 Å². The van der Waals surface area contributed by atoms with E-state index in [2.05, 4.69) is 5.32 Å². The Balaban J connectivity index is 1.87. The zero-order valence-electron chi connectivity index (χ0n) is 14.3. The molecule has 0 fully saturated rings. The minimum atomic E-state index is -0.886. The molecule has 0 aliphatic rings. The van der Waals surface area contributed by atoms with Crippen LogP contribution in [0.1, 0.15) is 18.1 Å². The molecular weight excluding hydrogens is 358 g/mol. The van der Waals surface area contributed by atoms with Gasteiger partial charge in [-0.2, -0.15) is 0 Å². The summed E-state index contributed by atoms with van der Waals surface area (Å²) in [5.74, 6) is -0.670. The number of benzene rings is 2. The Morgan fingerprint density at radius 2 is 1.88 bits per heavy atom. The fourth-order valence-electron chi connectivity index (χ4n) is 2.12. The van der Waals surface area contributed by atoms with Gasteiger partial charge < -0.3 is 10.1 Å². The molecule has 25 heavy (non-hydrogen) atoms. The highest BCUT2D eigenvalue weighted by molar-refractivity contribution is 8.00. The third-order valence-electron chi connectivity index (χ3n) is 3.64. The molecule has 0 spiro atoms. The second kappa shape index (κ2) is 8.92. The van der Waals surface area contributed by atoms with Gasteiger partial charge in [-0.05, 0) is 50.1 Å². The predicted molar refractivity (Wildman–Crippen MR) is 102 cm³/mol. The maximum atomic E-state index is 12.2. The lowest BCUT2D eigenvalue weighted by atomic mass is 10.2. The standard InChI is InChI=1S/C19H20ClNO3S/c1-12-7-4-5-10-17(12)25-11-18(22)24-14(3)19(23)21-16-9-6-8-15(20)13(16)2/h4-10,14H,11H2,1-3H3,(H,21,23)/t14-/m0/s1. The predicted octanol–water partition coefficient (Wildman–Crippen LogP) is 4.62. The molecule has 0 heterocycles. The molecule has 2 aromatic carbocycles. The van der Waals surface area contributed by atoms with Crippen LogP contribution in [0.25, 0.3) is 0 Å². The molecule has 0 aliphatic heterocycles. The molecule has 0 aliphatic carbocycles. The summed E-state index contributed by atoms with van der Waals surface area (Å²) >= 11 is 7.43. The van der Waals surface area contributed by atoms with Crippen molar-refractivity contribution in [1.29, 1.82) is 0 Å². The van der Waals surface area contributed by atoms with Crippen molar-refractivity contribution in [1.82, 2.24) is 0 Å². The molecule has 2 rings (SSSR count). The van der Waals surface area contributed by atoms with Gasteiger partial charge in [0.2, 0.25) is 0 Å². The Morgan fingerprint density at radius 3 is 2.60 bits per heavy atom. The van der Waals surface area contributed by atoms with Gasteiger partial charge in [-0.1, -0.05) is 35.9 Å². The van der Waals surface area contributed by atoms with E-state index in [-0.39, 0.29) is 11.7 Å². The van der Waals surface area contributed by atoms with Crippen LogP contribution in [0.3, 0.4) is 0 Å². The van der Waals surface area contributed by atoms with Gasteiger partial charge in [0.15, 0.2) is 6.10 Å². The van der Waals surface area contributed by atoms with Crippen LogP contribution in [0.15, 0.2) is 47.4 Å². The summed E-state index contributed by atoms with van der Waals surface area (Å²) in [6, 6.07) is 13.1. The number of rotatable bonds is 6. The van der Waals surface area contributed by atoms with Crippen LogP contribution in [0, 0.1) is 13.8 Å². The molecule has 1 atom stereocenters. The van der Waals surface area contributed by atoms with Crippen LogP contribution in [-0.4, -0.2) is 23.7 Å². The number of aryl methyl sites for hydroxylation is 1. The van der Waals surface area contributed by atoms with Crippen LogP contribution in [0.5, 0.6) is 0 Å². The molecule has 0 radical (unpaired) electrons. The number of nitrogens with one attached hydrogen (secondary N) is 1. The summed E-state index contributed by atoms with van der Waals surface area (Å²) in [5.41, 5.74) is 2.48. The second-order valence-corrected chi connectivity index (χ2v) is 7.01. The van der Waals surface area contributed by atoms with Crippen molar-refractivity contribution >= 4 is 40.9 Å². The monoisotopic (exact) mass is 377 g/mol. The first-order valence-corrected chi connectivity index (χ1v) is 9.18. The fraction of sp³-hybridized carbons (Fsp3) is 0.263. The van der Waals surface area contributed by atoms with E-state index in [1.807, 2.05) is 38.1 Å². The van der Waals surface area contributed by atoms with Gasteiger partial charge in [-0.25, -0.2) is 0 Å². The van der Waals surface area contributed by atoms with Gasteiger partial charge in [0.05, 0.1) is 5.75 Å². The highest BCUT2D eigenvalue weighted by Crippen LogP contribution is 2.24. The quantitative estimate of drug-likeness (QED) is 0.589. The number of anilines is 1. The minimum absolute atomic E-state index is 0.151. The van der Waals surface area contributed by atoms with Crippen LogP contribution in [0.4, 0.5) is 5.69 Å². The first-order valence-electron chi connectivity index (χ1n) is 7.82. The topological polar surface area (TPSA) is 55.4 Å². The number of hydrogen-bond donors (Lipinski definition) is 1. The first-order chi connectivity index (χ1) is 11.9. The van der Waals surface area contributed by atoms with Crippen molar-refractivity contribution in [3.63, 3.8) is 0 Å². The van der Waals surface area contributed by atoms with Crippen molar-refractivity contribution in [2.75, 3.05) is 11.1 Å². The van der Waals surface area contributed by atoms with Gasteiger partial charge in [0.1, 0.15) is 0 Å². The molecular formula is C19H20ClNO3S. The first kappa shape index (κ1) is 19.3. The summed E-state index contributed by atoms with van der Waals surface area (Å²) in [5, 5.41) is 3.30. The van der Waals surface area contributed by atoms with Crippen LogP contribution < -0.4 is 5.32 Å². The van der Waals surface area contributed by atoms with E-state index >= 15 is 0 Å². The molecule has 1 amide bonds. The zero-order valence-corrected chi connectivity index (χ0v) is 15.9. The van der Waals surface area contributed by atoms with E-state index < -0.39 is 12.1 Å². The molecule has 0 aromatic heterocycles. The van der Waals surface area contributed by atoms with E-state index in [1.165, 1.54) is 11.8 Å². The van der Waals surface area contributed by atoms with Crippen LogP contribution >= 0.6 is 23.4 Å². The maximum Gasteiger partial charge on any atom is 0.317 e. The molecule has 0 saturated carbocycles. The molecule has 0 unspecified atom stereocenters. The Kier molecular flexibility index (Phi) is 6.91. The number of hydrogen-bond acceptors (Lipinski definition) is 4. The number of thioether (sulfide) groups is 1. The van der Waals surface area contributed by atoms with Gasteiger partial charge >= 0.3 is 5.97 Å². The van der Waals surface area contributed by atoms with Crippen molar-refractivity contribution in [2.24, 2.45) is 0 Å². The lowest BCUT2D eigenvalue weighted by Crippen LogP contribution is -2.30. The van der Waals surface area contributed by atoms with Gasteiger partial charge in [0, 0.05) is 15.6 Å². The van der Waals surface area contributed by atoms with E-state index in [0.29, 0.717) is 10.7 Å². The Morgan fingerprint density at radius 1 is 1.16 bits per heavy atom. The Labute approximate surface area is 156 Å². The molecule has 132 valence electrons. The number of amides is 1. The third-order valence-corrected chi connectivity index (χ3v) is 5.20. The zero-order chi connectivity index (χ0) is 18.4. The minimum Gasteiger partial charge on any atom is -0.452 e. The highest BCUT2D eigenvalue weighted by Gasteiger charge is 2.19. The smallest absolute Gasteiger partial charge is 0.317 e. The van der Waals surface area contributed by atoms with Gasteiger partial charge in [0.25, 0.3) is 5.91 Å². The number of carbonyl (C=O) groups excluding carboxylic acids is 2. The van der Waals surface area contributed by atoms with Crippen LogP contribution in [-0.2, 0) is 14.3 Å². The van der Waals surface area contributed by atoms with E-state index in [1.54, 1.807) is 25.1 Å². The number of halogens is 1. The Bertz CT molecular complexity index is 779. The van der Waals surface area contributed by atoms with Gasteiger partial charge in [-0.3, -0.25) is 9.59 Å². The SMILES string of the molecule is Cc1ccccc1SCC(=O)O[C@@H](C)C(=O)Nc1cccc(Cl)c1C.